The summed E-state index contributed by atoms with van der Waals surface area (Å²) in [5, 5.41) is 8.97. The monoisotopic (exact) mass is 429 g/mol. The summed E-state index contributed by atoms with van der Waals surface area (Å²) in [6.45, 7) is 3.83. The number of hydrogen-bond acceptors (Lipinski definition) is 8. The Morgan fingerprint density at radius 1 is 1.13 bits per heavy atom. The van der Waals surface area contributed by atoms with Gasteiger partial charge in [-0.15, -0.1) is 5.10 Å². The number of ether oxygens (including phenoxy) is 2. The van der Waals surface area contributed by atoms with E-state index in [-0.39, 0.29) is 5.56 Å². The summed E-state index contributed by atoms with van der Waals surface area (Å²) < 4.78 is 12.1. The number of rotatable bonds is 7. The molecule has 160 valence electrons. The maximum absolute atomic E-state index is 12.3. The van der Waals surface area contributed by atoms with E-state index in [2.05, 4.69) is 27.2 Å². The molecule has 3 heterocycles. The Morgan fingerprint density at radius 3 is 2.47 bits per heavy atom. The first-order chi connectivity index (χ1) is 14.6. The van der Waals surface area contributed by atoms with E-state index in [1.165, 1.54) is 15.9 Å². The van der Waals surface area contributed by atoms with E-state index in [0.29, 0.717) is 11.0 Å². The molecule has 2 aromatic heterocycles. The summed E-state index contributed by atoms with van der Waals surface area (Å²) >= 11 is 1.49. The van der Waals surface area contributed by atoms with Gasteiger partial charge in [-0.3, -0.25) is 4.79 Å². The molecule has 0 unspecified atom stereocenters. The predicted octanol–water partition coefficient (Wildman–Crippen LogP) is 3.20. The van der Waals surface area contributed by atoms with E-state index in [1.54, 1.807) is 20.3 Å². The molecule has 0 radical (unpaired) electrons. The lowest BCUT2D eigenvalue weighted by Crippen LogP contribution is -2.39. The molecule has 1 aliphatic rings. The van der Waals surface area contributed by atoms with Crippen molar-refractivity contribution < 1.29 is 9.47 Å². The second kappa shape index (κ2) is 8.91. The second-order valence-corrected chi connectivity index (χ2v) is 8.36. The zero-order valence-corrected chi connectivity index (χ0v) is 18.4. The zero-order chi connectivity index (χ0) is 21.1. The van der Waals surface area contributed by atoms with Crippen LogP contribution in [0.3, 0.4) is 0 Å². The zero-order valence-electron chi connectivity index (χ0n) is 17.6. The van der Waals surface area contributed by atoms with Crippen molar-refractivity contribution in [2.45, 2.75) is 38.6 Å². The number of fused-ring (bicyclic) bond motifs is 1. The highest BCUT2D eigenvalue weighted by Crippen LogP contribution is 2.29. The molecule has 30 heavy (non-hydrogen) atoms. The molecule has 8 nitrogen and oxygen atoms in total. The van der Waals surface area contributed by atoms with Gasteiger partial charge in [-0.1, -0.05) is 24.7 Å². The van der Waals surface area contributed by atoms with E-state index in [9.17, 15) is 4.79 Å². The number of methoxy groups -OCH3 is 2. The fourth-order valence-electron chi connectivity index (χ4n) is 3.70. The third-order valence-electron chi connectivity index (χ3n) is 5.28. The third-order valence-corrected chi connectivity index (χ3v) is 6.25. The van der Waals surface area contributed by atoms with Gasteiger partial charge in [0.1, 0.15) is 11.5 Å². The number of benzene rings is 1. The highest BCUT2D eigenvalue weighted by atomic mass is 32.1. The van der Waals surface area contributed by atoms with Gasteiger partial charge in [0, 0.05) is 54.8 Å². The molecule has 1 aromatic carbocycles. The first-order valence-electron chi connectivity index (χ1n) is 10.2. The number of aromatic nitrogens is 3. The average Bonchev–Trinajstić information content (AvgIpc) is 3.19. The quantitative estimate of drug-likeness (QED) is 0.618. The first kappa shape index (κ1) is 20.5. The van der Waals surface area contributed by atoms with E-state index < -0.39 is 0 Å². The standard InChI is InChI=1S/C21H27N5O3S/c1-4-5-15-12-19(27)26-20(23-15)30-21(24-26)25-8-6-14(7-9-25)22-16-10-17(28-2)13-18(11-16)29-3/h10-14,22H,4-9H2,1-3H3. The van der Waals surface area contributed by atoms with Crippen molar-refractivity contribution in [3.63, 3.8) is 0 Å². The molecule has 1 aliphatic heterocycles. The number of hydrogen-bond donors (Lipinski definition) is 1. The Morgan fingerprint density at radius 2 is 1.83 bits per heavy atom. The normalized spacial score (nSPS) is 14.8. The third kappa shape index (κ3) is 4.35. The summed E-state index contributed by atoms with van der Waals surface area (Å²) in [5.41, 5.74) is 1.73. The van der Waals surface area contributed by atoms with Gasteiger partial charge in [-0.05, 0) is 19.3 Å². The summed E-state index contributed by atoms with van der Waals surface area (Å²) in [7, 11) is 3.31. The van der Waals surface area contributed by atoms with Crippen LogP contribution in [0.1, 0.15) is 31.9 Å². The summed E-state index contributed by atoms with van der Waals surface area (Å²) in [6, 6.07) is 7.77. The smallest absolute Gasteiger partial charge is 0.275 e. The fraction of sp³-hybridized carbons (Fsp3) is 0.476. The predicted molar refractivity (Wildman–Crippen MR) is 120 cm³/mol. The molecule has 4 rings (SSSR count). The number of aryl methyl sites for hydroxylation is 1. The van der Waals surface area contributed by atoms with Crippen molar-refractivity contribution >= 4 is 27.1 Å². The van der Waals surface area contributed by atoms with Gasteiger partial charge in [0.25, 0.3) is 5.56 Å². The average molecular weight is 430 g/mol. The SMILES string of the molecule is CCCc1cc(=O)n2nc(N3CCC(Nc4cc(OC)cc(OC)c4)CC3)sc2n1. The van der Waals surface area contributed by atoms with Crippen molar-refractivity contribution in [2.75, 3.05) is 37.5 Å². The van der Waals surface area contributed by atoms with E-state index in [4.69, 9.17) is 9.47 Å². The number of piperidine rings is 1. The van der Waals surface area contributed by atoms with Crippen molar-refractivity contribution in [1.82, 2.24) is 14.6 Å². The molecule has 3 aromatic rings. The van der Waals surface area contributed by atoms with Gasteiger partial charge in [0.2, 0.25) is 10.1 Å². The lowest BCUT2D eigenvalue weighted by atomic mass is 10.0. The van der Waals surface area contributed by atoms with Crippen molar-refractivity contribution in [3.8, 4) is 11.5 Å². The first-order valence-corrected chi connectivity index (χ1v) is 11.1. The minimum Gasteiger partial charge on any atom is -0.497 e. The lowest BCUT2D eigenvalue weighted by Gasteiger charge is -2.32. The highest BCUT2D eigenvalue weighted by Gasteiger charge is 2.23. The number of anilines is 2. The Kier molecular flexibility index (Phi) is 6.08. The molecule has 1 N–H and O–H groups in total. The van der Waals surface area contributed by atoms with Crippen LogP contribution in [-0.4, -0.2) is 47.9 Å². The van der Waals surface area contributed by atoms with E-state index in [0.717, 1.165) is 66.8 Å². The van der Waals surface area contributed by atoms with Gasteiger partial charge in [0.15, 0.2) is 0 Å². The molecule has 9 heteroatoms. The van der Waals surface area contributed by atoms with Gasteiger partial charge in [0.05, 0.1) is 14.2 Å². The molecule has 0 aliphatic carbocycles. The Balaban J connectivity index is 1.43. The van der Waals surface area contributed by atoms with Gasteiger partial charge >= 0.3 is 0 Å². The Bertz CT molecular complexity index is 1050. The van der Waals surface area contributed by atoms with Gasteiger partial charge in [-0.25, -0.2) is 4.98 Å². The fourth-order valence-corrected chi connectivity index (χ4v) is 4.68. The van der Waals surface area contributed by atoms with Crippen LogP contribution < -0.4 is 25.2 Å². The van der Waals surface area contributed by atoms with Gasteiger partial charge < -0.3 is 19.7 Å². The van der Waals surface area contributed by atoms with Crippen LogP contribution in [0.25, 0.3) is 4.96 Å². The molecule has 0 spiro atoms. The minimum atomic E-state index is -0.102. The van der Waals surface area contributed by atoms with E-state index >= 15 is 0 Å². The van der Waals surface area contributed by atoms with Crippen LogP contribution in [0.4, 0.5) is 10.8 Å². The summed E-state index contributed by atoms with van der Waals surface area (Å²) in [4.78, 5) is 19.9. The summed E-state index contributed by atoms with van der Waals surface area (Å²) in [6.07, 6.45) is 3.72. The van der Waals surface area contributed by atoms with Crippen LogP contribution in [0.2, 0.25) is 0 Å². The lowest BCUT2D eigenvalue weighted by molar-refractivity contribution is 0.394. The minimum absolute atomic E-state index is 0.102. The molecule has 1 fully saturated rings. The number of nitrogens with zero attached hydrogens (tertiary/aromatic N) is 4. The molecule has 1 saturated heterocycles. The molecule has 0 amide bonds. The van der Waals surface area contributed by atoms with Crippen LogP contribution in [-0.2, 0) is 6.42 Å². The topological polar surface area (TPSA) is 81.0 Å². The van der Waals surface area contributed by atoms with Crippen LogP contribution >= 0.6 is 11.3 Å². The molecular formula is C21H27N5O3S. The number of nitrogens with one attached hydrogen (secondary N) is 1. The molecular weight excluding hydrogens is 402 g/mol. The largest absolute Gasteiger partial charge is 0.497 e. The van der Waals surface area contributed by atoms with Crippen molar-refractivity contribution in [2.24, 2.45) is 0 Å². The maximum atomic E-state index is 12.3. The van der Waals surface area contributed by atoms with Crippen LogP contribution in [0.15, 0.2) is 29.1 Å². The van der Waals surface area contributed by atoms with E-state index in [1.807, 2.05) is 18.2 Å². The van der Waals surface area contributed by atoms with Gasteiger partial charge in [-0.2, -0.15) is 4.52 Å². The molecule has 0 saturated carbocycles. The van der Waals surface area contributed by atoms with Crippen molar-refractivity contribution in [1.29, 1.82) is 0 Å². The van der Waals surface area contributed by atoms with Crippen LogP contribution in [0.5, 0.6) is 11.5 Å². The van der Waals surface area contributed by atoms with Crippen LogP contribution in [0, 0.1) is 0 Å². The molecule has 0 bridgehead atoms. The summed E-state index contributed by atoms with van der Waals surface area (Å²) in [5.74, 6) is 1.54. The second-order valence-electron chi connectivity index (χ2n) is 7.42. The molecule has 0 atom stereocenters. The maximum Gasteiger partial charge on any atom is 0.275 e. The van der Waals surface area contributed by atoms with Crippen molar-refractivity contribution in [3.05, 3.63) is 40.3 Å². The Labute approximate surface area is 179 Å². The highest BCUT2D eigenvalue weighted by molar-refractivity contribution is 7.20. The Hall–Kier alpha value is -2.81.